The zero-order valence-electron chi connectivity index (χ0n) is 9.14. The lowest BCUT2D eigenvalue weighted by Gasteiger charge is -2.31. The Morgan fingerprint density at radius 2 is 2.06 bits per heavy atom. The summed E-state index contributed by atoms with van der Waals surface area (Å²) < 4.78 is 0. The van der Waals surface area contributed by atoms with Gasteiger partial charge in [0.05, 0.1) is 5.75 Å². The number of hydrogen-bond acceptors (Lipinski definition) is 3. The summed E-state index contributed by atoms with van der Waals surface area (Å²) in [5.74, 6) is 0.581. The Balaban J connectivity index is 2.36. The van der Waals surface area contributed by atoms with Gasteiger partial charge in [-0.25, -0.2) is 0 Å². The van der Waals surface area contributed by atoms with Crippen LogP contribution in [0.5, 0.6) is 0 Å². The van der Waals surface area contributed by atoms with Crippen molar-refractivity contribution in [1.82, 2.24) is 4.90 Å². The Morgan fingerprint density at radius 1 is 1.44 bits per heavy atom. The van der Waals surface area contributed by atoms with Gasteiger partial charge in [0.25, 0.3) is 0 Å². The first-order chi connectivity index (χ1) is 7.58. The van der Waals surface area contributed by atoms with Gasteiger partial charge in [0, 0.05) is 24.7 Å². The van der Waals surface area contributed by atoms with Crippen molar-refractivity contribution in [3.05, 3.63) is 34.9 Å². The van der Waals surface area contributed by atoms with E-state index in [-0.39, 0.29) is 0 Å². The molecule has 1 fully saturated rings. The van der Waals surface area contributed by atoms with E-state index in [2.05, 4.69) is 4.99 Å². The van der Waals surface area contributed by atoms with E-state index in [1.54, 1.807) is 35.8 Å². The van der Waals surface area contributed by atoms with Gasteiger partial charge in [-0.3, -0.25) is 4.99 Å². The highest BCUT2D eigenvalue weighted by atomic mass is 35.5. The monoisotopic (exact) mass is 256 g/mol. The van der Waals surface area contributed by atoms with Crippen molar-refractivity contribution in [3.8, 4) is 0 Å². The molecule has 0 spiro atoms. The third-order valence-electron chi connectivity index (χ3n) is 2.74. The van der Waals surface area contributed by atoms with Gasteiger partial charge >= 0.3 is 0 Å². The molecule has 0 unspecified atom stereocenters. The lowest BCUT2D eigenvalue weighted by Crippen LogP contribution is -2.42. The number of aliphatic hydroxyl groups is 1. The largest absolute Gasteiger partial charge is 0.366 e. The van der Waals surface area contributed by atoms with Crippen LogP contribution in [0.4, 0.5) is 0 Å². The predicted octanol–water partition coefficient (Wildman–Crippen LogP) is 2.15. The molecule has 1 N–H and O–H groups in total. The normalized spacial score (nSPS) is 27.8. The number of benzene rings is 1. The van der Waals surface area contributed by atoms with Crippen LogP contribution in [0.25, 0.3) is 0 Å². The van der Waals surface area contributed by atoms with Gasteiger partial charge in [-0.1, -0.05) is 35.5 Å². The predicted molar refractivity (Wildman–Crippen MR) is 68.9 cm³/mol. The van der Waals surface area contributed by atoms with Crippen molar-refractivity contribution in [1.29, 1.82) is 0 Å². The lowest BCUT2D eigenvalue weighted by atomic mass is 10.0. The molecular weight excluding hydrogens is 244 g/mol. The zero-order valence-corrected chi connectivity index (χ0v) is 10.7. The third-order valence-corrected chi connectivity index (χ3v) is 4.26. The van der Waals surface area contributed by atoms with E-state index < -0.39 is 5.72 Å². The van der Waals surface area contributed by atoms with Crippen molar-refractivity contribution in [2.75, 3.05) is 19.8 Å². The van der Waals surface area contributed by atoms with Crippen molar-refractivity contribution in [3.63, 3.8) is 0 Å². The molecule has 0 bridgehead atoms. The number of aliphatic imine (C=N–C) groups is 1. The number of halogens is 1. The standard InChI is InChI=1S/C11H13ClN2OS/c1-13-10-14(2)11(15,7-16-10)8-3-5-9(12)6-4-8/h3-6,15H,7H2,1-2H3/t11-/m1/s1. The average molecular weight is 257 g/mol. The number of thioether (sulfide) groups is 1. The van der Waals surface area contributed by atoms with E-state index in [0.29, 0.717) is 10.8 Å². The second-order valence-corrected chi connectivity index (χ2v) is 5.06. The van der Waals surface area contributed by atoms with Crippen LogP contribution in [0.1, 0.15) is 5.56 Å². The molecule has 0 saturated carbocycles. The minimum absolute atomic E-state index is 0.581. The van der Waals surface area contributed by atoms with Gasteiger partial charge in [0.15, 0.2) is 10.9 Å². The van der Waals surface area contributed by atoms with Crippen LogP contribution in [0, 0.1) is 0 Å². The van der Waals surface area contributed by atoms with Gasteiger partial charge in [0.2, 0.25) is 0 Å². The first-order valence-electron chi connectivity index (χ1n) is 4.90. The summed E-state index contributed by atoms with van der Waals surface area (Å²) in [7, 11) is 3.57. The van der Waals surface area contributed by atoms with Crippen LogP contribution in [0.3, 0.4) is 0 Å². The van der Waals surface area contributed by atoms with Crippen LogP contribution in [-0.2, 0) is 5.72 Å². The molecule has 1 aromatic carbocycles. The van der Waals surface area contributed by atoms with E-state index in [0.717, 1.165) is 10.7 Å². The first-order valence-corrected chi connectivity index (χ1v) is 6.26. The highest BCUT2D eigenvalue weighted by Gasteiger charge is 2.42. The fourth-order valence-corrected chi connectivity index (χ4v) is 3.02. The Hall–Kier alpha value is -0.710. The number of nitrogens with zero attached hydrogens (tertiary/aromatic N) is 2. The molecule has 0 aromatic heterocycles. The van der Waals surface area contributed by atoms with E-state index in [1.807, 2.05) is 19.2 Å². The van der Waals surface area contributed by atoms with Crippen LogP contribution >= 0.6 is 23.4 Å². The SMILES string of the molecule is CN=C1SC[C@@](O)(c2ccc(Cl)cc2)N1C. The number of rotatable bonds is 1. The topological polar surface area (TPSA) is 35.8 Å². The molecule has 3 nitrogen and oxygen atoms in total. The quantitative estimate of drug-likeness (QED) is 0.836. The smallest absolute Gasteiger partial charge is 0.175 e. The number of amidine groups is 1. The van der Waals surface area contributed by atoms with E-state index in [9.17, 15) is 5.11 Å². The Morgan fingerprint density at radius 3 is 2.56 bits per heavy atom. The summed E-state index contributed by atoms with van der Waals surface area (Å²) in [5, 5.41) is 12.1. The first kappa shape index (κ1) is 11.8. The molecule has 16 heavy (non-hydrogen) atoms. The summed E-state index contributed by atoms with van der Waals surface area (Å²) in [6.07, 6.45) is 0. The molecule has 0 radical (unpaired) electrons. The molecule has 1 atom stereocenters. The molecule has 1 saturated heterocycles. The van der Waals surface area contributed by atoms with Crippen molar-refractivity contribution >= 4 is 28.5 Å². The van der Waals surface area contributed by atoms with Crippen molar-refractivity contribution in [2.24, 2.45) is 4.99 Å². The van der Waals surface area contributed by atoms with Crippen LogP contribution < -0.4 is 0 Å². The van der Waals surface area contributed by atoms with Crippen molar-refractivity contribution < 1.29 is 5.11 Å². The van der Waals surface area contributed by atoms with Gasteiger partial charge in [0.1, 0.15) is 0 Å². The molecule has 2 rings (SSSR count). The Kier molecular flexibility index (Phi) is 3.15. The second kappa shape index (κ2) is 4.28. The highest BCUT2D eigenvalue weighted by molar-refractivity contribution is 8.14. The summed E-state index contributed by atoms with van der Waals surface area (Å²) in [5.41, 5.74) is -0.144. The molecule has 1 aromatic rings. The minimum Gasteiger partial charge on any atom is -0.366 e. The zero-order chi connectivity index (χ0) is 11.8. The molecule has 1 aliphatic heterocycles. The van der Waals surface area contributed by atoms with Gasteiger partial charge in [-0.05, 0) is 12.1 Å². The highest BCUT2D eigenvalue weighted by Crippen LogP contribution is 2.37. The van der Waals surface area contributed by atoms with Gasteiger partial charge < -0.3 is 10.0 Å². The van der Waals surface area contributed by atoms with E-state index >= 15 is 0 Å². The van der Waals surface area contributed by atoms with E-state index in [4.69, 9.17) is 11.6 Å². The maximum atomic E-state index is 10.6. The molecule has 1 heterocycles. The summed E-state index contributed by atoms with van der Waals surface area (Å²) in [6.45, 7) is 0. The summed E-state index contributed by atoms with van der Waals surface area (Å²) >= 11 is 7.38. The molecule has 1 aliphatic rings. The average Bonchev–Trinajstić information content (AvgIpc) is 2.58. The fraction of sp³-hybridized carbons (Fsp3) is 0.364. The van der Waals surface area contributed by atoms with Gasteiger partial charge in [-0.15, -0.1) is 0 Å². The number of hydrogen-bond donors (Lipinski definition) is 1. The minimum atomic E-state index is -0.982. The lowest BCUT2D eigenvalue weighted by molar-refractivity contribution is -0.0347. The maximum Gasteiger partial charge on any atom is 0.175 e. The molecule has 0 amide bonds. The Labute approximate surface area is 104 Å². The molecule has 0 aliphatic carbocycles. The second-order valence-electron chi connectivity index (χ2n) is 3.68. The Bertz CT molecular complexity index is 420. The summed E-state index contributed by atoms with van der Waals surface area (Å²) in [4.78, 5) is 5.92. The van der Waals surface area contributed by atoms with Crippen LogP contribution in [-0.4, -0.2) is 35.0 Å². The van der Waals surface area contributed by atoms with Crippen LogP contribution in [0.2, 0.25) is 5.02 Å². The maximum absolute atomic E-state index is 10.6. The fourth-order valence-electron chi connectivity index (χ4n) is 1.73. The third kappa shape index (κ3) is 1.81. The molecular formula is C11H13ClN2OS. The van der Waals surface area contributed by atoms with Crippen molar-refractivity contribution in [2.45, 2.75) is 5.72 Å². The molecule has 5 heteroatoms. The summed E-state index contributed by atoms with van der Waals surface area (Å²) in [6, 6.07) is 7.26. The van der Waals surface area contributed by atoms with E-state index in [1.165, 1.54) is 0 Å². The molecule has 86 valence electrons. The van der Waals surface area contributed by atoms with Gasteiger partial charge in [-0.2, -0.15) is 0 Å². The van der Waals surface area contributed by atoms with Crippen LogP contribution in [0.15, 0.2) is 29.3 Å².